The van der Waals surface area contributed by atoms with Crippen molar-refractivity contribution >= 4 is 19.8 Å². The first-order chi connectivity index (χ1) is 25.5. The highest BCUT2D eigenvalue weighted by Crippen LogP contribution is 2.38. The van der Waals surface area contributed by atoms with Crippen molar-refractivity contribution in [1.29, 1.82) is 0 Å². The second-order valence-electron chi connectivity index (χ2n) is 14.6. The quantitative estimate of drug-likeness (QED) is 0.0187. The fourth-order valence-electron chi connectivity index (χ4n) is 6.62. The Balaban J connectivity index is 2.29. The maximum absolute atomic E-state index is 12.5. The summed E-state index contributed by atoms with van der Waals surface area (Å²) in [6, 6.07) is 0. The molecule has 1 saturated carbocycles. The Morgan fingerprint density at radius 2 is 1.32 bits per heavy atom. The van der Waals surface area contributed by atoms with Crippen LogP contribution in [0.2, 0.25) is 0 Å². The third-order valence-corrected chi connectivity index (χ3v) is 10.2. The summed E-state index contributed by atoms with van der Waals surface area (Å²) in [5.41, 5.74) is 0. The average Bonchev–Trinajstić information content (AvgIpc) is 3.38. The molecule has 0 amide bonds. The zero-order valence-corrected chi connectivity index (χ0v) is 33.6. The third-order valence-electron chi connectivity index (χ3n) is 9.73. The predicted octanol–water partition coefficient (Wildman–Crippen LogP) is 8.56. The number of phosphoric ester groups is 1. The van der Waals surface area contributed by atoms with Gasteiger partial charge in [-0.1, -0.05) is 121 Å². The van der Waals surface area contributed by atoms with Crippen molar-refractivity contribution in [1.82, 2.24) is 0 Å². The van der Waals surface area contributed by atoms with Crippen molar-refractivity contribution in [2.45, 2.75) is 186 Å². The van der Waals surface area contributed by atoms with E-state index in [1.807, 2.05) is 6.08 Å². The van der Waals surface area contributed by atoms with Gasteiger partial charge in [-0.05, 0) is 63.7 Å². The van der Waals surface area contributed by atoms with Crippen LogP contribution in [0.1, 0.15) is 162 Å². The SMILES string of the molecule is CCCCC/C=C\C/C=C\CCCCCCCC(=O)OC[C@H](COP(=O)(O)O)OC(=O)CCCCCC[C@@H]1[C@@H](/C=C/[C@@H](O)CCCCC)[C@H](O)C[C@@H]1O. The lowest BCUT2D eigenvalue weighted by Crippen LogP contribution is -2.29. The molecule has 0 unspecified atom stereocenters. The van der Waals surface area contributed by atoms with Gasteiger partial charge >= 0.3 is 19.8 Å². The molecule has 5 N–H and O–H groups in total. The number of esters is 2. The van der Waals surface area contributed by atoms with E-state index in [-0.39, 0.29) is 31.3 Å². The van der Waals surface area contributed by atoms with E-state index in [9.17, 15) is 29.5 Å². The Morgan fingerprint density at radius 3 is 1.98 bits per heavy atom. The zero-order chi connectivity index (χ0) is 39.2. The van der Waals surface area contributed by atoms with Gasteiger partial charge in [0.05, 0.1) is 24.9 Å². The number of carbonyl (C=O) groups excluding carboxylic acids is 2. The summed E-state index contributed by atoms with van der Waals surface area (Å²) in [6.07, 6.45) is 29.3. The molecule has 0 bridgehead atoms. The Hall–Kier alpha value is -1.85. The molecule has 0 saturated heterocycles. The van der Waals surface area contributed by atoms with Crippen LogP contribution < -0.4 is 0 Å². The normalized spacial score (nSPS) is 20.5. The summed E-state index contributed by atoms with van der Waals surface area (Å²) in [4.78, 5) is 43.0. The standard InChI is InChI=1S/C41H73O11P/c1-3-5-7-8-9-10-11-12-13-14-15-16-17-18-23-27-40(45)50-32-35(33-51-53(47,48)49)52-41(46)28-24-20-19-22-26-36-37(39(44)31-38(36)43)30-29-34(42)25-21-6-4-2/h9-10,12-13,29-30,34-39,42-44H,3-8,11,14-28,31-33H2,1-2H3,(H2,47,48,49)/b10-9-,13-12-,30-29+/t34-,35+,36+,37+,38-,39+/m0/s1. The molecule has 0 aromatic rings. The lowest BCUT2D eigenvalue weighted by atomic mass is 9.88. The number of aliphatic hydroxyl groups is 3. The second kappa shape index (κ2) is 31.4. The highest BCUT2D eigenvalue weighted by atomic mass is 31.2. The van der Waals surface area contributed by atoms with Gasteiger partial charge in [0.15, 0.2) is 6.10 Å². The molecule has 1 rings (SSSR count). The number of ether oxygens (including phenoxy) is 2. The van der Waals surface area contributed by atoms with Gasteiger partial charge in [0.1, 0.15) is 6.61 Å². The average molecular weight is 773 g/mol. The molecule has 53 heavy (non-hydrogen) atoms. The molecule has 0 heterocycles. The molecule has 1 aliphatic carbocycles. The minimum absolute atomic E-state index is 0.0817. The lowest BCUT2D eigenvalue weighted by molar-refractivity contribution is -0.161. The van der Waals surface area contributed by atoms with Crippen LogP contribution in [-0.2, 0) is 28.2 Å². The van der Waals surface area contributed by atoms with Gasteiger partial charge in [0, 0.05) is 25.2 Å². The number of hydrogen-bond acceptors (Lipinski definition) is 9. The summed E-state index contributed by atoms with van der Waals surface area (Å²) in [5.74, 6) is -1.34. The van der Waals surface area contributed by atoms with E-state index in [2.05, 4.69) is 42.7 Å². The van der Waals surface area contributed by atoms with E-state index < -0.39 is 50.8 Å². The molecule has 0 aromatic heterocycles. The van der Waals surface area contributed by atoms with Gasteiger partial charge in [0.25, 0.3) is 0 Å². The molecule has 0 spiro atoms. The summed E-state index contributed by atoms with van der Waals surface area (Å²) in [6.45, 7) is 3.36. The second-order valence-corrected chi connectivity index (χ2v) is 15.8. The first kappa shape index (κ1) is 49.2. The largest absolute Gasteiger partial charge is 0.469 e. The topological polar surface area (TPSA) is 180 Å². The molecular weight excluding hydrogens is 699 g/mol. The van der Waals surface area contributed by atoms with E-state index in [1.165, 1.54) is 19.3 Å². The van der Waals surface area contributed by atoms with Crippen LogP contribution in [0, 0.1) is 11.8 Å². The van der Waals surface area contributed by atoms with Crippen molar-refractivity contribution < 1.29 is 53.3 Å². The summed E-state index contributed by atoms with van der Waals surface area (Å²) < 4.78 is 26.4. The van der Waals surface area contributed by atoms with Gasteiger partial charge < -0.3 is 34.6 Å². The van der Waals surface area contributed by atoms with Crippen LogP contribution in [0.4, 0.5) is 0 Å². The number of aliphatic hydroxyl groups excluding tert-OH is 3. The van der Waals surface area contributed by atoms with Gasteiger partial charge in [-0.15, -0.1) is 0 Å². The van der Waals surface area contributed by atoms with Crippen molar-refractivity contribution in [3.8, 4) is 0 Å². The number of hydrogen-bond donors (Lipinski definition) is 5. The third kappa shape index (κ3) is 27.4. The smallest absolute Gasteiger partial charge is 0.462 e. The van der Waals surface area contributed by atoms with E-state index in [1.54, 1.807) is 6.08 Å². The van der Waals surface area contributed by atoms with E-state index in [0.29, 0.717) is 32.1 Å². The predicted molar refractivity (Wildman–Crippen MR) is 209 cm³/mol. The number of unbranched alkanes of at least 4 members (excludes halogenated alkanes) is 13. The van der Waals surface area contributed by atoms with E-state index in [4.69, 9.17) is 19.3 Å². The molecule has 11 nitrogen and oxygen atoms in total. The fraction of sp³-hybridized carbons (Fsp3) is 0.805. The van der Waals surface area contributed by atoms with Gasteiger partial charge in [-0.3, -0.25) is 14.1 Å². The number of rotatable bonds is 33. The lowest BCUT2D eigenvalue weighted by Gasteiger charge is -2.21. The van der Waals surface area contributed by atoms with Gasteiger partial charge in [0.2, 0.25) is 0 Å². The first-order valence-corrected chi connectivity index (χ1v) is 22.1. The van der Waals surface area contributed by atoms with Gasteiger partial charge in [-0.2, -0.15) is 0 Å². The molecule has 308 valence electrons. The van der Waals surface area contributed by atoms with Crippen molar-refractivity contribution in [3.63, 3.8) is 0 Å². The molecule has 0 aromatic carbocycles. The minimum atomic E-state index is -4.82. The monoisotopic (exact) mass is 772 g/mol. The van der Waals surface area contributed by atoms with Crippen LogP contribution in [0.25, 0.3) is 0 Å². The Kier molecular flexibility index (Phi) is 29.1. The summed E-state index contributed by atoms with van der Waals surface area (Å²) in [7, 11) is -4.82. The maximum Gasteiger partial charge on any atom is 0.469 e. The highest BCUT2D eigenvalue weighted by Gasteiger charge is 2.39. The Morgan fingerprint density at radius 1 is 0.736 bits per heavy atom. The Bertz CT molecular complexity index is 1070. The fourth-order valence-corrected chi connectivity index (χ4v) is 6.98. The van der Waals surface area contributed by atoms with E-state index >= 15 is 0 Å². The van der Waals surface area contributed by atoms with Crippen molar-refractivity contribution in [3.05, 3.63) is 36.5 Å². The first-order valence-electron chi connectivity index (χ1n) is 20.5. The number of allylic oxidation sites excluding steroid dienone is 4. The molecular formula is C41H73O11P. The van der Waals surface area contributed by atoms with Crippen LogP contribution in [0.15, 0.2) is 36.5 Å². The summed E-state index contributed by atoms with van der Waals surface area (Å²) in [5, 5.41) is 31.2. The maximum atomic E-state index is 12.5. The van der Waals surface area contributed by atoms with Crippen molar-refractivity contribution in [2.75, 3.05) is 13.2 Å². The van der Waals surface area contributed by atoms with Crippen LogP contribution in [0.5, 0.6) is 0 Å². The molecule has 1 aliphatic rings. The molecule has 0 aliphatic heterocycles. The highest BCUT2D eigenvalue weighted by molar-refractivity contribution is 7.46. The van der Waals surface area contributed by atoms with Crippen LogP contribution >= 0.6 is 7.82 Å². The van der Waals surface area contributed by atoms with Crippen LogP contribution in [0.3, 0.4) is 0 Å². The van der Waals surface area contributed by atoms with E-state index in [0.717, 1.165) is 83.5 Å². The van der Waals surface area contributed by atoms with Crippen molar-refractivity contribution in [2.24, 2.45) is 11.8 Å². The minimum Gasteiger partial charge on any atom is -0.462 e. The molecule has 12 heteroatoms. The van der Waals surface area contributed by atoms with Crippen LogP contribution in [-0.4, -0.2) is 74.7 Å². The number of phosphoric acid groups is 1. The molecule has 6 atom stereocenters. The van der Waals surface area contributed by atoms with Gasteiger partial charge in [-0.25, -0.2) is 4.57 Å². The number of carbonyl (C=O) groups is 2. The Labute approximate surface area is 319 Å². The zero-order valence-electron chi connectivity index (χ0n) is 32.7. The summed E-state index contributed by atoms with van der Waals surface area (Å²) >= 11 is 0. The molecule has 1 fully saturated rings. The molecule has 0 radical (unpaired) electrons.